The number of hydrogen-bond donors (Lipinski definition) is 1. The van der Waals surface area contributed by atoms with Crippen molar-refractivity contribution >= 4 is 5.91 Å². The quantitative estimate of drug-likeness (QED) is 0.867. The van der Waals surface area contributed by atoms with Gasteiger partial charge in [0.05, 0.1) is 0 Å². The standard InChI is InChI=1S/C13H18N2O2/c1-2-15(9-10-5-3-6-10)13(17)12-11(16)7-4-8-14-12/h4,7-8,10,16H,2-3,5-6,9H2,1H3. The zero-order valence-electron chi connectivity index (χ0n) is 10.1. The van der Waals surface area contributed by atoms with Gasteiger partial charge < -0.3 is 10.0 Å². The SMILES string of the molecule is CCN(CC1CCC1)C(=O)c1ncccc1O. The number of amides is 1. The van der Waals surface area contributed by atoms with Gasteiger partial charge in [-0.3, -0.25) is 4.79 Å². The molecule has 0 atom stereocenters. The average Bonchev–Trinajstić information content (AvgIpc) is 2.28. The molecule has 1 amide bonds. The average molecular weight is 234 g/mol. The van der Waals surface area contributed by atoms with Gasteiger partial charge in [-0.2, -0.15) is 0 Å². The fraction of sp³-hybridized carbons (Fsp3) is 0.538. The number of rotatable bonds is 4. The molecule has 1 N–H and O–H groups in total. The second kappa shape index (κ2) is 5.17. The van der Waals surface area contributed by atoms with Crippen LogP contribution in [0.15, 0.2) is 18.3 Å². The minimum absolute atomic E-state index is 0.0374. The molecule has 0 aliphatic heterocycles. The van der Waals surface area contributed by atoms with E-state index in [1.54, 1.807) is 11.0 Å². The number of hydrogen-bond acceptors (Lipinski definition) is 3. The van der Waals surface area contributed by atoms with E-state index in [1.807, 2.05) is 6.92 Å². The molecule has 1 aromatic heterocycles. The smallest absolute Gasteiger partial charge is 0.276 e. The number of pyridine rings is 1. The van der Waals surface area contributed by atoms with Gasteiger partial charge in [0.1, 0.15) is 5.75 Å². The van der Waals surface area contributed by atoms with Crippen molar-refractivity contribution in [1.29, 1.82) is 0 Å². The first-order valence-corrected chi connectivity index (χ1v) is 6.15. The number of carbonyl (C=O) groups is 1. The third-order valence-electron chi connectivity index (χ3n) is 3.36. The molecule has 0 bridgehead atoms. The summed E-state index contributed by atoms with van der Waals surface area (Å²) in [5, 5.41) is 9.62. The summed E-state index contributed by atoms with van der Waals surface area (Å²) < 4.78 is 0. The molecular formula is C13H18N2O2. The van der Waals surface area contributed by atoms with Crippen LogP contribution in [0.4, 0.5) is 0 Å². The third kappa shape index (κ3) is 2.57. The molecule has 92 valence electrons. The Labute approximate surface area is 101 Å². The summed E-state index contributed by atoms with van der Waals surface area (Å²) in [6.45, 7) is 3.40. The van der Waals surface area contributed by atoms with Crippen molar-refractivity contribution in [2.24, 2.45) is 5.92 Å². The molecular weight excluding hydrogens is 216 g/mol. The zero-order valence-corrected chi connectivity index (χ0v) is 10.1. The van der Waals surface area contributed by atoms with Crippen LogP contribution < -0.4 is 0 Å². The second-order valence-corrected chi connectivity index (χ2v) is 4.51. The predicted molar refractivity (Wildman–Crippen MR) is 64.8 cm³/mol. The van der Waals surface area contributed by atoms with Crippen LogP contribution in [0.2, 0.25) is 0 Å². The molecule has 17 heavy (non-hydrogen) atoms. The Bertz CT molecular complexity index is 402. The van der Waals surface area contributed by atoms with Crippen molar-refractivity contribution in [2.75, 3.05) is 13.1 Å². The van der Waals surface area contributed by atoms with E-state index in [0.29, 0.717) is 12.5 Å². The van der Waals surface area contributed by atoms with E-state index >= 15 is 0 Å². The summed E-state index contributed by atoms with van der Waals surface area (Å²) in [5.41, 5.74) is 0.161. The van der Waals surface area contributed by atoms with Gasteiger partial charge in [0.15, 0.2) is 5.69 Å². The Morgan fingerprint density at radius 2 is 2.35 bits per heavy atom. The Morgan fingerprint density at radius 3 is 2.88 bits per heavy atom. The number of aromatic hydroxyl groups is 1. The lowest BCUT2D eigenvalue weighted by Crippen LogP contribution is -2.37. The van der Waals surface area contributed by atoms with Gasteiger partial charge in [-0.1, -0.05) is 6.42 Å². The molecule has 0 radical (unpaired) electrons. The maximum Gasteiger partial charge on any atom is 0.276 e. The zero-order chi connectivity index (χ0) is 12.3. The lowest BCUT2D eigenvalue weighted by molar-refractivity contribution is 0.0697. The van der Waals surface area contributed by atoms with Crippen molar-refractivity contribution in [1.82, 2.24) is 9.88 Å². The largest absolute Gasteiger partial charge is 0.505 e. The van der Waals surface area contributed by atoms with Crippen LogP contribution in [0, 0.1) is 5.92 Å². The Kier molecular flexibility index (Phi) is 3.61. The van der Waals surface area contributed by atoms with Gasteiger partial charge in [-0.05, 0) is 37.8 Å². The normalized spacial score (nSPS) is 15.4. The lowest BCUT2D eigenvalue weighted by atomic mass is 9.85. The summed E-state index contributed by atoms with van der Waals surface area (Å²) in [6.07, 6.45) is 5.21. The fourth-order valence-electron chi connectivity index (χ4n) is 2.05. The first-order chi connectivity index (χ1) is 8.22. The van der Waals surface area contributed by atoms with E-state index in [2.05, 4.69) is 4.98 Å². The van der Waals surface area contributed by atoms with Crippen LogP contribution in [0.5, 0.6) is 5.75 Å². The van der Waals surface area contributed by atoms with E-state index in [1.165, 1.54) is 31.5 Å². The summed E-state index contributed by atoms with van der Waals surface area (Å²) in [6, 6.07) is 3.12. The molecule has 2 rings (SSSR count). The van der Waals surface area contributed by atoms with Gasteiger partial charge >= 0.3 is 0 Å². The third-order valence-corrected chi connectivity index (χ3v) is 3.36. The van der Waals surface area contributed by atoms with E-state index in [9.17, 15) is 9.90 Å². The summed E-state index contributed by atoms with van der Waals surface area (Å²) >= 11 is 0. The molecule has 0 aromatic carbocycles. The van der Waals surface area contributed by atoms with Gasteiger partial charge in [-0.15, -0.1) is 0 Å². The van der Waals surface area contributed by atoms with Crippen molar-refractivity contribution in [3.8, 4) is 5.75 Å². The first-order valence-electron chi connectivity index (χ1n) is 6.15. The van der Waals surface area contributed by atoms with Crippen LogP contribution in [0.25, 0.3) is 0 Å². The maximum absolute atomic E-state index is 12.2. The van der Waals surface area contributed by atoms with Crippen LogP contribution in [-0.2, 0) is 0 Å². The highest BCUT2D eigenvalue weighted by Gasteiger charge is 2.25. The highest BCUT2D eigenvalue weighted by atomic mass is 16.3. The molecule has 1 saturated carbocycles. The topological polar surface area (TPSA) is 53.4 Å². The molecule has 0 saturated heterocycles. The van der Waals surface area contributed by atoms with Crippen molar-refractivity contribution in [3.05, 3.63) is 24.0 Å². The Morgan fingerprint density at radius 1 is 1.59 bits per heavy atom. The summed E-state index contributed by atoms with van der Waals surface area (Å²) in [5.74, 6) is 0.423. The lowest BCUT2D eigenvalue weighted by Gasteiger charge is -2.31. The Hall–Kier alpha value is -1.58. The minimum atomic E-state index is -0.169. The molecule has 4 heteroatoms. The Balaban J connectivity index is 2.08. The van der Waals surface area contributed by atoms with Gasteiger partial charge in [0, 0.05) is 19.3 Å². The number of carbonyl (C=O) groups excluding carboxylic acids is 1. The van der Waals surface area contributed by atoms with Crippen LogP contribution in [-0.4, -0.2) is 34.0 Å². The van der Waals surface area contributed by atoms with Crippen molar-refractivity contribution in [3.63, 3.8) is 0 Å². The second-order valence-electron chi connectivity index (χ2n) is 4.51. The summed E-state index contributed by atoms with van der Waals surface area (Å²) in [4.78, 5) is 17.9. The number of nitrogens with zero attached hydrogens (tertiary/aromatic N) is 2. The highest BCUT2D eigenvalue weighted by Crippen LogP contribution is 2.27. The van der Waals surface area contributed by atoms with Crippen molar-refractivity contribution < 1.29 is 9.90 Å². The minimum Gasteiger partial charge on any atom is -0.505 e. The fourth-order valence-corrected chi connectivity index (χ4v) is 2.05. The van der Waals surface area contributed by atoms with Crippen LogP contribution in [0.1, 0.15) is 36.7 Å². The molecule has 0 unspecified atom stereocenters. The molecule has 1 fully saturated rings. The monoisotopic (exact) mass is 234 g/mol. The molecule has 1 aliphatic rings. The predicted octanol–water partition coefficient (Wildman–Crippen LogP) is 2.05. The van der Waals surface area contributed by atoms with E-state index in [-0.39, 0.29) is 17.4 Å². The molecule has 4 nitrogen and oxygen atoms in total. The molecule has 1 aromatic rings. The van der Waals surface area contributed by atoms with E-state index in [4.69, 9.17) is 0 Å². The van der Waals surface area contributed by atoms with Crippen LogP contribution in [0.3, 0.4) is 0 Å². The highest BCUT2D eigenvalue weighted by molar-refractivity contribution is 5.94. The van der Waals surface area contributed by atoms with E-state index in [0.717, 1.165) is 6.54 Å². The van der Waals surface area contributed by atoms with Gasteiger partial charge in [0.2, 0.25) is 0 Å². The van der Waals surface area contributed by atoms with Gasteiger partial charge in [-0.25, -0.2) is 4.98 Å². The maximum atomic E-state index is 12.2. The van der Waals surface area contributed by atoms with E-state index < -0.39 is 0 Å². The van der Waals surface area contributed by atoms with Gasteiger partial charge in [0.25, 0.3) is 5.91 Å². The molecule has 1 aliphatic carbocycles. The van der Waals surface area contributed by atoms with Crippen molar-refractivity contribution in [2.45, 2.75) is 26.2 Å². The molecule has 0 spiro atoms. The number of aromatic nitrogens is 1. The van der Waals surface area contributed by atoms with Crippen LogP contribution >= 0.6 is 0 Å². The summed E-state index contributed by atoms with van der Waals surface area (Å²) in [7, 11) is 0. The first kappa shape index (κ1) is 11.9. The molecule has 1 heterocycles.